The number of rotatable bonds is 6. The minimum absolute atomic E-state index is 0.413. The number of nitrogens with zero attached hydrogens (tertiary/aromatic N) is 4. The predicted molar refractivity (Wildman–Crippen MR) is 104 cm³/mol. The maximum Gasteiger partial charge on any atom is 0.147 e. The van der Waals surface area contributed by atoms with Crippen molar-refractivity contribution in [2.75, 3.05) is 13.7 Å². The van der Waals surface area contributed by atoms with Gasteiger partial charge in [-0.3, -0.25) is 4.90 Å². The number of hydrogen-bond donors (Lipinski definition) is 1. The van der Waals surface area contributed by atoms with E-state index in [0.717, 1.165) is 43.0 Å². The van der Waals surface area contributed by atoms with Crippen LogP contribution >= 0.6 is 0 Å². The fourth-order valence-corrected chi connectivity index (χ4v) is 4.82. The highest BCUT2D eigenvalue weighted by Gasteiger charge is 2.42. The topological polar surface area (TPSA) is 55.2 Å². The fourth-order valence-electron chi connectivity index (χ4n) is 4.82. The zero-order valence-corrected chi connectivity index (χ0v) is 16.1. The molecule has 144 valence electrons. The van der Waals surface area contributed by atoms with Crippen molar-refractivity contribution < 1.29 is 4.74 Å². The second-order valence-corrected chi connectivity index (χ2v) is 8.11. The van der Waals surface area contributed by atoms with E-state index < -0.39 is 0 Å². The maximum absolute atomic E-state index is 5.48. The number of hydrogen-bond acceptors (Lipinski definition) is 5. The van der Waals surface area contributed by atoms with Crippen LogP contribution in [0.1, 0.15) is 55.4 Å². The Morgan fingerprint density at radius 1 is 1.15 bits per heavy atom. The number of likely N-dealkylation sites (tertiary alicyclic amines) is 1. The molecule has 1 saturated heterocycles. The summed E-state index contributed by atoms with van der Waals surface area (Å²) in [6.07, 6.45) is 7.40. The van der Waals surface area contributed by atoms with E-state index in [1.807, 2.05) is 6.07 Å². The average molecular weight is 367 g/mol. The van der Waals surface area contributed by atoms with Crippen LogP contribution in [0.4, 0.5) is 0 Å². The molecule has 3 aliphatic rings. The highest BCUT2D eigenvalue weighted by molar-refractivity contribution is 5.32. The molecule has 0 radical (unpaired) electrons. The molecule has 0 amide bonds. The van der Waals surface area contributed by atoms with E-state index in [0.29, 0.717) is 12.1 Å². The van der Waals surface area contributed by atoms with Gasteiger partial charge in [-0.2, -0.15) is 0 Å². The molecule has 2 atom stereocenters. The normalized spacial score (nSPS) is 25.5. The first-order valence-corrected chi connectivity index (χ1v) is 10.4. The summed E-state index contributed by atoms with van der Waals surface area (Å²) in [5.74, 6) is 3.20. The third-order valence-electron chi connectivity index (χ3n) is 6.35. The van der Waals surface area contributed by atoms with E-state index in [2.05, 4.69) is 43.2 Å². The maximum atomic E-state index is 5.48. The summed E-state index contributed by atoms with van der Waals surface area (Å²) in [5.41, 5.74) is 1.36. The summed E-state index contributed by atoms with van der Waals surface area (Å²) in [6.45, 7) is 3.04. The molecule has 1 aromatic heterocycles. The van der Waals surface area contributed by atoms with Crippen molar-refractivity contribution in [3.63, 3.8) is 0 Å². The SMILES string of the molecule is COc1cccc(C2C(NCc3nnc4n3CCCC4)CCN2C2CC2)c1. The van der Waals surface area contributed by atoms with Crippen molar-refractivity contribution in [1.29, 1.82) is 0 Å². The Kier molecular flexibility index (Phi) is 4.61. The molecule has 2 aliphatic heterocycles. The van der Waals surface area contributed by atoms with Gasteiger partial charge in [-0.1, -0.05) is 12.1 Å². The van der Waals surface area contributed by atoms with Gasteiger partial charge in [-0.15, -0.1) is 10.2 Å². The number of aryl methyl sites for hydroxylation is 1. The fraction of sp³-hybridized carbons (Fsp3) is 0.619. The standard InChI is InChI=1S/C21H29N5O/c1-27-17-6-4-5-15(13-17)21-18(10-12-25(21)16-8-9-16)22-14-20-24-23-19-7-2-3-11-26(19)20/h4-6,13,16,18,21-22H,2-3,7-12,14H2,1H3. The molecule has 27 heavy (non-hydrogen) atoms. The molecule has 5 rings (SSSR count). The van der Waals surface area contributed by atoms with Gasteiger partial charge < -0.3 is 14.6 Å². The van der Waals surface area contributed by atoms with Crippen LogP contribution in [0, 0.1) is 0 Å². The molecule has 2 aromatic rings. The Balaban J connectivity index is 1.35. The van der Waals surface area contributed by atoms with E-state index in [-0.39, 0.29) is 0 Å². The molecule has 2 fully saturated rings. The third-order valence-corrected chi connectivity index (χ3v) is 6.35. The number of fused-ring (bicyclic) bond motifs is 1. The molecule has 1 aliphatic carbocycles. The highest BCUT2D eigenvalue weighted by atomic mass is 16.5. The lowest BCUT2D eigenvalue weighted by Crippen LogP contribution is -2.37. The monoisotopic (exact) mass is 367 g/mol. The van der Waals surface area contributed by atoms with Crippen LogP contribution in [-0.2, 0) is 19.5 Å². The van der Waals surface area contributed by atoms with E-state index in [1.54, 1.807) is 7.11 Å². The molecule has 1 saturated carbocycles. The lowest BCUT2D eigenvalue weighted by atomic mass is 9.99. The Morgan fingerprint density at radius 2 is 2.07 bits per heavy atom. The summed E-state index contributed by atoms with van der Waals surface area (Å²) in [6, 6.07) is 10.2. The lowest BCUT2D eigenvalue weighted by Gasteiger charge is -2.29. The van der Waals surface area contributed by atoms with Gasteiger partial charge in [0.05, 0.1) is 19.7 Å². The Labute approximate surface area is 160 Å². The number of ether oxygens (including phenoxy) is 1. The zero-order chi connectivity index (χ0) is 18.2. The van der Waals surface area contributed by atoms with Crippen molar-refractivity contribution in [3.05, 3.63) is 41.5 Å². The van der Waals surface area contributed by atoms with Gasteiger partial charge in [0.2, 0.25) is 0 Å². The summed E-state index contributed by atoms with van der Waals surface area (Å²) < 4.78 is 7.81. The first-order valence-electron chi connectivity index (χ1n) is 10.4. The number of nitrogens with one attached hydrogen (secondary N) is 1. The van der Waals surface area contributed by atoms with Crippen LogP contribution in [0.2, 0.25) is 0 Å². The van der Waals surface area contributed by atoms with Crippen LogP contribution in [0.15, 0.2) is 24.3 Å². The van der Waals surface area contributed by atoms with Gasteiger partial charge >= 0.3 is 0 Å². The second-order valence-electron chi connectivity index (χ2n) is 8.11. The van der Waals surface area contributed by atoms with Crippen LogP contribution < -0.4 is 10.1 Å². The minimum Gasteiger partial charge on any atom is -0.497 e. The van der Waals surface area contributed by atoms with Crippen molar-refractivity contribution in [3.8, 4) is 5.75 Å². The van der Waals surface area contributed by atoms with Crippen molar-refractivity contribution in [2.24, 2.45) is 0 Å². The number of methoxy groups -OCH3 is 1. The summed E-state index contributed by atoms with van der Waals surface area (Å²) >= 11 is 0. The van der Waals surface area contributed by atoms with Gasteiger partial charge in [-0.25, -0.2) is 0 Å². The average Bonchev–Trinajstić information content (AvgIpc) is 3.34. The summed E-state index contributed by atoms with van der Waals surface area (Å²) in [5, 5.41) is 12.7. The molecule has 2 unspecified atom stereocenters. The molecule has 0 bridgehead atoms. The van der Waals surface area contributed by atoms with Crippen LogP contribution in [0.5, 0.6) is 5.75 Å². The van der Waals surface area contributed by atoms with Crippen LogP contribution in [-0.4, -0.2) is 45.4 Å². The van der Waals surface area contributed by atoms with E-state index in [9.17, 15) is 0 Å². The van der Waals surface area contributed by atoms with E-state index in [4.69, 9.17) is 4.74 Å². The molecule has 3 heterocycles. The van der Waals surface area contributed by atoms with E-state index in [1.165, 1.54) is 44.2 Å². The van der Waals surface area contributed by atoms with Crippen LogP contribution in [0.3, 0.4) is 0 Å². The Bertz CT molecular complexity index is 800. The van der Waals surface area contributed by atoms with Crippen molar-refractivity contribution in [2.45, 2.75) is 69.7 Å². The van der Waals surface area contributed by atoms with Gasteiger partial charge in [0.25, 0.3) is 0 Å². The van der Waals surface area contributed by atoms with Gasteiger partial charge in [-0.05, 0) is 49.8 Å². The van der Waals surface area contributed by atoms with Crippen molar-refractivity contribution in [1.82, 2.24) is 25.0 Å². The van der Waals surface area contributed by atoms with Gasteiger partial charge in [0.1, 0.15) is 17.4 Å². The molecule has 1 N–H and O–H groups in total. The zero-order valence-electron chi connectivity index (χ0n) is 16.1. The quantitative estimate of drug-likeness (QED) is 0.851. The summed E-state index contributed by atoms with van der Waals surface area (Å²) in [4.78, 5) is 2.70. The second kappa shape index (κ2) is 7.24. The first-order chi connectivity index (χ1) is 13.3. The van der Waals surface area contributed by atoms with Gasteiger partial charge in [0, 0.05) is 31.6 Å². The third kappa shape index (κ3) is 3.36. The number of benzene rings is 1. The van der Waals surface area contributed by atoms with Crippen LogP contribution in [0.25, 0.3) is 0 Å². The van der Waals surface area contributed by atoms with Gasteiger partial charge in [0.15, 0.2) is 0 Å². The molecule has 1 aromatic carbocycles. The largest absolute Gasteiger partial charge is 0.497 e. The molecule has 0 spiro atoms. The molecular weight excluding hydrogens is 338 g/mol. The Morgan fingerprint density at radius 3 is 2.93 bits per heavy atom. The Hall–Kier alpha value is -1.92. The molecule has 6 nitrogen and oxygen atoms in total. The lowest BCUT2D eigenvalue weighted by molar-refractivity contribution is 0.225. The number of aromatic nitrogens is 3. The van der Waals surface area contributed by atoms with E-state index >= 15 is 0 Å². The molecule has 6 heteroatoms. The first kappa shape index (κ1) is 17.2. The smallest absolute Gasteiger partial charge is 0.147 e. The minimum atomic E-state index is 0.413. The summed E-state index contributed by atoms with van der Waals surface area (Å²) in [7, 11) is 1.75. The highest BCUT2D eigenvalue weighted by Crippen LogP contribution is 2.41. The molecular formula is C21H29N5O. The predicted octanol–water partition coefficient (Wildman–Crippen LogP) is 2.69. The van der Waals surface area contributed by atoms with Crippen molar-refractivity contribution >= 4 is 0 Å².